The third kappa shape index (κ3) is 5.70. The zero-order chi connectivity index (χ0) is 16.8. The van der Waals surface area contributed by atoms with E-state index in [0.717, 1.165) is 12.8 Å². The van der Waals surface area contributed by atoms with E-state index in [2.05, 4.69) is 10.6 Å². The van der Waals surface area contributed by atoms with E-state index in [1.54, 1.807) is 0 Å². The lowest BCUT2D eigenvalue weighted by Crippen LogP contribution is -2.53. The van der Waals surface area contributed by atoms with Crippen LogP contribution in [-0.2, 0) is 20.7 Å². The van der Waals surface area contributed by atoms with Gasteiger partial charge in [-0.2, -0.15) is 0 Å². The van der Waals surface area contributed by atoms with Crippen molar-refractivity contribution in [3.8, 4) is 0 Å². The molecule has 25 heavy (non-hydrogen) atoms. The lowest BCUT2D eigenvalue weighted by atomic mass is 10.1. The minimum absolute atomic E-state index is 0. The van der Waals surface area contributed by atoms with Crippen LogP contribution >= 0.6 is 12.4 Å². The fraction of sp³-hybridized carbons (Fsp3) is 0.556. The molecule has 0 saturated carbocycles. The second-order valence-corrected chi connectivity index (χ2v) is 6.40. The van der Waals surface area contributed by atoms with Gasteiger partial charge in [-0.25, -0.2) is 0 Å². The van der Waals surface area contributed by atoms with E-state index in [0.29, 0.717) is 39.3 Å². The highest BCUT2D eigenvalue weighted by Gasteiger charge is 2.29. The quantitative estimate of drug-likeness (QED) is 0.805. The Bertz CT molecular complexity index is 564. The van der Waals surface area contributed by atoms with Crippen LogP contribution in [0.4, 0.5) is 0 Å². The summed E-state index contributed by atoms with van der Waals surface area (Å²) in [7, 11) is 0. The van der Waals surface area contributed by atoms with Crippen molar-refractivity contribution in [3.63, 3.8) is 0 Å². The standard InChI is InChI=1S/C18H25N3O3.ClH/c22-17(7-6-14-4-2-1-3-5-14)21-10-8-15(12-21)20-18(23)16-13-24-11-9-19-16;/h1-5,15-16,19H,6-13H2,(H,20,23);1H. The van der Waals surface area contributed by atoms with Crippen molar-refractivity contribution >= 4 is 24.2 Å². The molecule has 0 aliphatic carbocycles. The number of likely N-dealkylation sites (tertiary alicyclic amines) is 1. The third-order valence-corrected chi connectivity index (χ3v) is 4.60. The van der Waals surface area contributed by atoms with Crippen molar-refractivity contribution in [1.82, 2.24) is 15.5 Å². The van der Waals surface area contributed by atoms with Gasteiger partial charge in [0.05, 0.1) is 13.2 Å². The maximum Gasteiger partial charge on any atom is 0.239 e. The van der Waals surface area contributed by atoms with Gasteiger partial charge in [-0.3, -0.25) is 9.59 Å². The molecule has 2 saturated heterocycles. The maximum absolute atomic E-state index is 12.3. The first kappa shape index (κ1) is 19.7. The van der Waals surface area contributed by atoms with Crippen LogP contribution in [0.3, 0.4) is 0 Å². The third-order valence-electron chi connectivity index (χ3n) is 4.60. The molecule has 0 bridgehead atoms. The Labute approximate surface area is 154 Å². The predicted molar refractivity (Wildman–Crippen MR) is 97.7 cm³/mol. The average Bonchev–Trinajstić information content (AvgIpc) is 3.10. The molecule has 2 aliphatic rings. The SMILES string of the molecule is Cl.O=C(NC1CCN(C(=O)CCc2ccccc2)C1)C1COCCN1. The Morgan fingerprint density at radius 3 is 2.80 bits per heavy atom. The van der Waals surface area contributed by atoms with Crippen molar-refractivity contribution in [2.45, 2.75) is 31.3 Å². The van der Waals surface area contributed by atoms with Crippen LogP contribution in [0.5, 0.6) is 0 Å². The zero-order valence-electron chi connectivity index (χ0n) is 14.3. The maximum atomic E-state index is 12.3. The number of carbonyl (C=O) groups is 2. The number of amides is 2. The van der Waals surface area contributed by atoms with E-state index >= 15 is 0 Å². The Hall–Kier alpha value is -1.63. The number of aryl methyl sites for hydroxylation is 1. The van der Waals surface area contributed by atoms with Crippen molar-refractivity contribution in [1.29, 1.82) is 0 Å². The summed E-state index contributed by atoms with van der Waals surface area (Å²) in [5.74, 6) is 0.132. The van der Waals surface area contributed by atoms with E-state index in [-0.39, 0.29) is 36.3 Å². The summed E-state index contributed by atoms with van der Waals surface area (Å²) in [4.78, 5) is 26.4. The highest BCUT2D eigenvalue weighted by atomic mass is 35.5. The number of carbonyl (C=O) groups excluding carboxylic acids is 2. The molecular formula is C18H26ClN3O3. The first-order chi connectivity index (χ1) is 11.7. The number of hydrogen-bond donors (Lipinski definition) is 2. The van der Waals surface area contributed by atoms with Crippen LogP contribution in [-0.4, -0.2) is 61.6 Å². The summed E-state index contributed by atoms with van der Waals surface area (Å²) in [6.07, 6.45) is 2.09. The molecule has 0 aromatic heterocycles. The van der Waals surface area contributed by atoms with Crippen LogP contribution in [0.15, 0.2) is 30.3 Å². The number of nitrogens with zero attached hydrogens (tertiary/aromatic N) is 1. The molecule has 7 heteroatoms. The highest BCUT2D eigenvalue weighted by molar-refractivity contribution is 5.85. The molecule has 2 aliphatic heterocycles. The fourth-order valence-corrected chi connectivity index (χ4v) is 3.19. The summed E-state index contributed by atoms with van der Waals surface area (Å²) < 4.78 is 5.31. The van der Waals surface area contributed by atoms with Crippen molar-refractivity contribution < 1.29 is 14.3 Å². The van der Waals surface area contributed by atoms with Gasteiger partial charge in [-0.1, -0.05) is 30.3 Å². The van der Waals surface area contributed by atoms with Crippen LogP contribution in [0.25, 0.3) is 0 Å². The van der Waals surface area contributed by atoms with Gasteiger partial charge in [0.2, 0.25) is 11.8 Å². The highest BCUT2D eigenvalue weighted by Crippen LogP contribution is 2.13. The van der Waals surface area contributed by atoms with Gasteiger partial charge in [-0.05, 0) is 18.4 Å². The van der Waals surface area contributed by atoms with Crippen molar-refractivity contribution in [2.24, 2.45) is 0 Å². The number of morpholine rings is 1. The summed E-state index contributed by atoms with van der Waals surface area (Å²) in [5, 5.41) is 6.18. The van der Waals surface area contributed by atoms with Crippen LogP contribution < -0.4 is 10.6 Å². The molecule has 2 amide bonds. The van der Waals surface area contributed by atoms with E-state index in [4.69, 9.17) is 4.74 Å². The van der Waals surface area contributed by atoms with Crippen LogP contribution in [0, 0.1) is 0 Å². The first-order valence-corrected chi connectivity index (χ1v) is 8.65. The molecular weight excluding hydrogens is 342 g/mol. The molecule has 1 aromatic carbocycles. The minimum Gasteiger partial charge on any atom is -0.378 e. The Morgan fingerprint density at radius 1 is 1.28 bits per heavy atom. The lowest BCUT2D eigenvalue weighted by molar-refractivity contribution is -0.131. The fourth-order valence-electron chi connectivity index (χ4n) is 3.19. The van der Waals surface area contributed by atoms with Crippen LogP contribution in [0.1, 0.15) is 18.4 Å². The average molecular weight is 368 g/mol. The van der Waals surface area contributed by atoms with E-state index in [1.807, 2.05) is 35.2 Å². The van der Waals surface area contributed by atoms with Crippen molar-refractivity contribution in [3.05, 3.63) is 35.9 Å². The number of benzene rings is 1. The number of hydrogen-bond acceptors (Lipinski definition) is 4. The van der Waals surface area contributed by atoms with E-state index < -0.39 is 0 Å². The molecule has 6 nitrogen and oxygen atoms in total. The molecule has 2 heterocycles. The largest absolute Gasteiger partial charge is 0.378 e. The molecule has 2 atom stereocenters. The number of rotatable bonds is 5. The van der Waals surface area contributed by atoms with Gasteiger partial charge in [0.25, 0.3) is 0 Å². The van der Waals surface area contributed by atoms with Crippen LogP contribution in [0.2, 0.25) is 0 Å². The number of nitrogens with one attached hydrogen (secondary N) is 2. The molecule has 0 spiro atoms. The topological polar surface area (TPSA) is 70.7 Å². The summed E-state index contributed by atoms with van der Waals surface area (Å²) in [6.45, 7) is 3.09. The van der Waals surface area contributed by atoms with Gasteiger partial charge >= 0.3 is 0 Å². The molecule has 2 fully saturated rings. The van der Waals surface area contributed by atoms with E-state index in [1.165, 1.54) is 5.56 Å². The van der Waals surface area contributed by atoms with Gasteiger partial charge in [-0.15, -0.1) is 12.4 Å². The molecule has 2 unspecified atom stereocenters. The number of ether oxygens (including phenoxy) is 1. The predicted octanol–water partition coefficient (Wildman–Crippen LogP) is 0.746. The Balaban J connectivity index is 0.00000225. The van der Waals surface area contributed by atoms with Gasteiger partial charge in [0, 0.05) is 32.1 Å². The van der Waals surface area contributed by atoms with Gasteiger partial charge in [0.15, 0.2) is 0 Å². The second-order valence-electron chi connectivity index (χ2n) is 6.40. The molecule has 0 radical (unpaired) electrons. The molecule has 138 valence electrons. The summed E-state index contributed by atoms with van der Waals surface area (Å²) >= 11 is 0. The monoisotopic (exact) mass is 367 g/mol. The summed E-state index contributed by atoms with van der Waals surface area (Å²) in [5.41, 5.74) is 1.18. The minimum atomic E-state index is -0.276. The normalized spacial score (nSPS) is 23.0. The van der Waals surface area contributed by atoms with Gasteiger partial charge in [0.1, 0.15) is 6.04 Å². The first-order valence-electron chi connectivity index (χ1n) is 8.65. The lowest BCUT2D eigenvalue weighted by Gasteiger charge is -2.24. The second kappa shape index (κ2) is 9.75. The van der Waals surface area contributed by atoms with Gasteiger partial charge < -0.3 is 20.3 Å². The number of halogens is 1. The van der Waals surface area contributed by atoms with Crippen molar-refractivity contribution in [2.75, 3.05) is 32.8 Å². The Kier molecular flexibility index (Phi) is 7.68. The zero-order valence-corrected chi connectivity index (χ0v) is 15.1. The smallest absolute Gasteiger partial charge is 0.239 e. The van der Waals surface area contributed by atoms with E-state index in [9.17, 15) is 9.59 Å². The molecule has 1 aromatic rings. The molecule has 2 N–H and O–H groups in total. The summed E-state index contributed by atoms with van der Waals surface area (Å²) in [6, 6.07) is 9.81. The Morgan fingerprint density at radius 2 is 2.08 bits per heavy atom. The molecule has 3 rings (SSSR count).